The largest absolute Gasteiger partial charge is 0.350 e. The minimum atomic E-state index is -5.00. The van der Waals surface area contributed by atoms with Crippen LogP contribution in [0.2, 0.25) is 0 Å². The van der Waals surface area contributed by atoms with Crippen LogP contribution in [-0.4, -0.2) is 42.9 Å². The molecule has 1 aromatic carbocycles. The van der Waals surface area contributed by atoms with Gasteiger partial charge in [-0.25, -0.2) is 22.9 Å². The quantitative estimate of drug-likeness (QED) is 0.586. The van der Waals surface area contributed by atoms with Crippen molar-refractivity contribution in [3.05, 3.63) is 53.5 Å². The van der Waals surface area contributed by atoms with Crippen LogP contribution in [0.1, 0.15) is 67.6 Å². The molecule has 31 heavy (non-hydrogen) atoms. The molecule has 166 valence electrons. The number of urea groups is 1. The Morgan fingerprint density at radius 3 is 2.55 bits per heavy atom. The number of sulfonamides is 1. The van der Waals surface area contributed by atoms with Crippen LogP contribution in [-0.2, 0) is 16.4 Å². The second-order valence-corrected chi connectivity index (χ2v) is 8.32. The number of benzene rings is 1. The van der Waals surface area contributed by atoms with E-state index in [1.807, 2.05) is 0 Å². The summed E-state index contributed by atoms with van der Waals surface area (Å²) >= 11 is 0. The Balaban J connectivity index is 1.97. The molecule has 9 nitrogen and oxygen atoms in total. The lowest BCUT2D eigenvalue weighted by Crippen LogP contribution is -2.45. The van der Waals surface area contributed by atoms with Crippen molar-refractivity contribution in [2.24, 2.45) is 0 Å². The van der Waals surface area contributed by atoms with E-state index in [0.717, 1.165) is 19.3 Å². The molecule has 2 aromatic rings. The first kappa shape index (κ1) is 12.7. The Morgan fingerprint density at radius 2 is 1.84 bits per heavy atom. The standard InChI is InChI=1S/C21H27N5O4S/c1-15-13-24-19(14-23-15)20(27)22-12-11-16-7-9-18(10-8-16)31(29,30)26-21(28)25-17-5-3-2-4-6-17/h7-10,13-14,17H,2-6,11-12H2,1H3,(H,22,27)(H2,25,26,28)/i7D,8D,9D,10D,11D2,12D2,13D,14D. The number of hydrogen-bond donors (Lipinski definition) is 3. The molecular formula is C21H27N5O4S. The van der Waals surface area contributed by atoms with Crippen LogP contribution in [0, 0.1) is 6.92 Å². The molecule has 3 rings (SSSR count). The van der Waals surface area contributed by atoms with Gasteiger partial charge in [0.1, 0.15) is 5.69 Å². The van der Waals surface area contributed by atoms with E-state index >= 15 is 0 Å². The van der Waals surface area contributed by atoms with E-state index < -0.39 is 87.5 Å². The van der Waals surface area contributed by atoms with Crippen LogP contribution in [0.25, 0.3) is 0 Å². The number of carbonyl (C=O) groups is 2. The lowest BCUT2D eigenvalue weighted by atomic mass is 9.96. The van der Waals surface area contributed by atoms with E-state index in [-0.39, 0.29) is 11.7 Å². The van der Waals surface area contributed by atoms with Crippen LogP contribution >= 0.6 is 0 Å². The second-order valence-electron chi connectivity index (χ2n) is 6.70. The topological polar surface area (TPSA) is 130 Å². The highest BCUT2D eigenvalue weighted by Crippen LogP contribution is 2.17. The number of carbonyl (C=O) groups excluding carboxylic acids is 2. The Bertz CT molecular complexity index is 1470. The van der Waals surface area contributed by atoms with Gasteiger partial charge in [-0.05, 0) is 43.8 Å². The van der Waals surface area contributed by atoms with E-state index in [9.17, 15) is 18.0 Å². The van der Waals surface area contributed by atoms with Gasteiger partial charge >= 0.3 is 6.03 Å². The van der Waals surface area contributed by atoms with E-state index in [2.05, 4.69) is 15.3 Å². The van der Waals surface area contributed by atoms with Gasteiger partial charge in [0, 0.05) is 24.2 Å². The Labute approximate surface area is 196 Å². The molecule has 0 aliphatic heterocycles. The highest BCUT2D eigenvalue weighted by Gasteiger charge is 2.21. The van der Waals surface area contributed by atoms with E-state index in [0.29, 0.717) is 12.8 Å². The van der Waals surface area contributed by atoms with E-state index in [4.69, 9.17) is 13.7 Å². The lowest BCUT2D eigenvalue weighted by molar-refractivity contribution is 0.0948. The Hall–Kier alpha value is -3.01. The van der Waals surface area contributed by atoms with Gasteiger partial charge in [-0.1, -0.05) is 31.3 Å². The minimum absolute atomic E-state index is 0.00420. The summed E-state index contributed by atoms with van der Waals surface area (Å²) in [5, 5.41) is 4.12. The fraction of sp³-hybridized carbons (Fsp3) is 0.429. The Kier molecular flexibility index (Phi) is 4.25. The predicted molar refractivity (Wildman–Crippen MR) is 115 cm³/mol. The molecular weight excluding hydrogens is 418 g/mol. The van der Waals surface area contributed by atoms with Gasteiger partial charge < -0.3 is 10.6 Å². The maximum Gasteiger partial charge on any atom is 0.328 e. The highest BCUT2D eigenvalue weighted by atomic mass is 32.2. The van der Waals surface area contributed by atoms with Crippen molar-refractivity contribution in [1.29, 1.82) is 0 Å². The number of aromatic nitrogens is 2. The van der Waals surface area contributed by atoms with Gasteiger partial charge in [0.2, 0.25) is 0 Å². The first-order chi connectivity index (χ1) is 18.8. The van der Waals surface area contributed by atoms with Crippen molar-refractivity contribution >= 4 is 22.0 Å². The monoisotopic (exact) mass is 455 g/mol. The average Bonchev–Trinajstić information content (AvgIpc) is 2.84. The third-order valence-electron chi connectivity index (χ3n) is 4.28. The van der Waals surface area contributed by atoms with Crippen LogP contribution in [0.15, 0.2) is 41.4 Å². The molecule has 1 heterocycles. The molecule has 0 unspecified atom stereocenters. The van der Waals surface area contributed by atoms with Crippen molar-refractivity contribution < 1.29 is 31.7 Å². The van der Waals surface area contributed by atoms with Crippen molar-refractivity contribution in [1.82, 2.24) is 25.3 Å². The number of amides is 3. The van der Waals surface area contributed by atoms with Crippen LogP contribution in [0.3, 0.4) is 0 Å². The first-order valence-corrected chi connectivity index (χ1v) is 10.9. The molecule has 0 spiro atoms. The van der Waals surface area contributed by atoms with Crippen LogP contribution in [0.5, 0.6) is 0 Å². The molecule has 0 atom stereocenters. The SMILES string of the molecule is [2H]c1nc(C(=O)NC([2H])([2H])C([2H])([2H])c2c([2H])c([2H])c(S(=O)(=O)NC(=O)NC3CCCCC3)c([2H])c2[2H])c([2H])nc1C. The van der Waals surface area contributed by atoms with Gasteiger partial charge in [0.05, 0.1) is 25.0 Å². The maximum absolute atomic E-state index is 12.9. The number of hydrogen-bond acceptors (Lipinski definition) is 6. The first-order valence-electron chi connectivity index (χ1n) is 14.4. The number of aryl methyl sites for hydroxylation is 1. The summed E-state index contributed by atoms with van der Waals surface area (Å²) in [6.07, 6.45) is -0.844. The maximum atomic E-state index is 12.9. The summed E-state index contributed by atoms with van der Waals surface area (Å²) in [7, 11) is -5.00. The van der Waals surface area contributed by atoms with E-state index in [1.54, 1.807) is 10.0 Å². The van der Waals surface area contributed by atoms with Crippen molar-refractivity contribution in [3.8, 4) is 0 Å². The molecule has 1 aliphatic rings. The molecule has 0 saturated heterocycles. The molecule has 3 amide bonds. The predicted octanol–water partition coefficient (Wildman–Crippen LogP) is 2.08. The molecule has 1 aromatic heterocycles. The normalized spacial score (nSPS) is 20.2. The molecule has 10 heteroatoms. The zero-order valence-electron chi connectivity index (χ0n) is 26.5. The summed E-state index contributed by atoms with van der Waals surface area (Å²) in [6, 6.07) is -6.53. The lowest BCUT2D eigenvalue weighted by Gasteiger charge is -2.22. The fourth-order valence-corrected chi connectivity index (χ4v) is 3.54. The Morgan fingerprint density at radius 1 is 1.13 bits per heavy atom. The average molecular weight is 456 g/mol. The molecule has 1 fully saturated rings. The number of nitrogens with one attached hydrogen (secondary N) is 3. The van der Waals surface area contributed by atoms with Crippen molar-refractivity contribution in [2.75, 3.05) is 6.50 Å². The van der Waals surface area contributed by atoms with Crippen molar-refractivity contribution in [2.45, 2.75) is 56.3 Å². The van der Waals surface area contributed by atoms with E-state index in [1.165, 1.54) is 6.92 Å². The zero-order chi connectivity index (χ0) is 31.1. The van der Waals surface area contributed by atoms with Gasteiger partial charge in [-0.15, -0.1) is 0 Å². The summed E-state index contributed by atoms with van der Waals surface area (Å²) in [5.41, 5.74) is -2.02. The van der Waals surface area contributed by atoms with Gasteiger partial charge in [-0.2, -0.15) is 0 Å². The molecule has 0 bridgehead atoms. The number of nitrogens with zero attached hydrogens (tertiary/aromatic N) is 2. The summed E-state index contributed by atoms with van der Waals surface area (Å²) < 4.78 is 109. The third-order valence-corrected chi connectivity index (χ3v) is 5.47. The van der Waals surface area contributed by atoms with Gasteiger partial charge in [-0.3, -0.25) is 9.78 Å². The second kappa shape index (κ2) is 10.3. The highest BCUT2D eigenvalue weighted by molar-refractivity contribution is 7.90. The van der Waals surface area contributed by atoms with Crippen LogP contribution < -0.4 is 15.4 Å². The fourth-order valence-electron chi connectivity index (χ4n) is 2.77. The van der Waals surface area contributed by atoms with Gasteiger partial charge in [0.15, 0.2) is 0 Å². The molecule has 1 aliphatic carbocycles. The zero-order valence-corrected chi connectivity index (χ0v) is 17.4. The third kappa shape index (κ3) is 6.74. The summed E-state index contributed by atoms with van der Waals surface area (Å²) in [4.78, 5) is 30.9. The number of rotatable bonds is 7. The molecule has 1 saturated carbocycles. The van der Waals surface area contributed by atoms with Gasteiger partial charge in [0.25, 0.3) is 15.9 Å². The van der Waals surface area contributed by atoms with Crippen LogP contribution in [0.4, 0.5) is 4.79 Å². The smallest absolute Gasteiger partial charge is 0.328 e. The van der Waals surface area contributed by atoms with Crippen molar-refractivity contribution in [3.63, 3.8) is 0 Å². The molecule has 0 radical (unpaired) electrons. The minimum Gasteiger partial charge on any atom is -0.350 e. The summed E-state index contributed by atoms with van der Waals surface area (Å²) in [6.45, 7) is -2.13. The summed E-state index contributed by atoms with van der Waals surface area (Å²) in [5.74, 6) is -1.45. The molecule has 3 N–H and O–H groups in total.